The fraction of sp³-hybridized carbons (Fsp3) is 0.562. The largest absolute Gasteiger partial charge is 0.389 e. The van der Waals surface area contributed by atoms with Crippen molar-refractivity contribution in [1.82, 2.24) is 10.2 Å². The molecule has 0 radical (unpaired) electrons. The number of β-amino-alcohol motifs (C(OH)–C–C–N with tert-alkyl or cyclic N) is 1. The molecule has 128 valence electrons. The van der Waals surface area contributed by atoms with Crippen LogP contribution >= 0.6 is 0 Å². The lowest BCUT2D eigenvalue weighted by molar-refractivity contribution is 0.0309. The zero-order valence-corrected chi connectivity index (χ0v) is 13.1. The lowest BCUT2D eigenvalue weighted by atomic mass is 10.0. The highest BCUT2D eigenvalue weighted by atomic mass is 19.2. The maximum atomic E-state index is 13.2. The summed E-state index contributed by atoms with van der Waals surface area (Å²) >= 11 is 0. The number of carbonyl (C=O) groups is 1. The normalized spacial score (nSPS) is 17.9. The Hall–Kier alpha value is -1.57. The number of aliphatic hydroxyl groups is 1. The number of hydrogen-bond acceptors (Lipinski definition) is 4. The Morgan fingerprint density at radius 3 is 2.70 bits per heavy atom. The quantitative estimate of drug-likeness (QED) is 0.823. The highest BCUT2D eigenvalue weighted by Gasteiger charge is 2.22. The summed E-state index contributed by atoms with van der Waals surface area (Å²) in [6.07, 6.45) is 0.970. The van der Waals surface area contributed by atoms with Crippen LogP contribution in [0, 0.1) is 11.6 Å². The van der Waals surface area contributed by atoms with Gasteiger partial charge >= 0.3 is 0 Å². The molecule has 7 heteroatoms. The van der Waals surface area contributed by atoms with E-state index in [0.717, 1.165) is 38.1 Å². The molecular formula is C16H22F2N2O3. The van der Waals surface area contributed by atoms with E-state index in [1.807, 2.05) is 0 Å². The molecule has 1 fully saturated rings. The Morgan fingerprint density at radius 2 is 2.09 bits per heavy atom. The monoisotopic (exact) mass is 328 g/mol. The van der Waals surface area contributed by atoms with Crippen LogP contribution in [-0.4, -0.2) is 61.4 Å². The third-order valence-corrected chi connectivity index (χ3v) is 3.93. The Bertz CT molecular complexity index is 534. The van der Waals surface area contributed by atoms with Gasteiger partial charge in [-0.3, -0.25) is 4.79 Å². The third-order valence-electron chi connectivity index (χ3n) is 3.93. The molecule has 1 aromatic rings. The molecule has 1 heterocycles. The van der Waals surface area contributed by atoms with Crippen LogP contribution in [0.1, 0.15) is 23.2 Å². The number of nitrogens with one attached hydrogen (secondary N) is 1. The summed E-state index contributed by atoms with van der Waals surface area (Å²) in [6.45, 7) is 2.34. The Balaban J connectivity index is 1.79. The average molecular weight is 328 g/mol. The predicted molar refractivity (Wildman–Crippen MR) is 81.2 cm³/mol. The molecule has 1 amide bonds. The summed E-state index contributed by atoms with van der Waals surface area (Å²) in [4.78, 5) is 14.2. The number of methoxy groups -OCH3 is 1. The lowest BCUT2D eigenvalue weighted by Gasteiger charge is -2.33. The van der Waals surface area contributed by atoms with Gasteiger partial charge in [0.2, 0.25) is 0 Å². The first-order valence-electron chi connectivity index (χ1n) is 7.65. The van der Waals surface area contributed by atoms with E-state index in [-0.39, 0.29) is 11.6 Å². The van der Waals surface area contributed by atoms with Crippen LogP contribution in [0.4, 0.5) is 8.78 Å². The number of benzene rings is 1. The first kappa shape index (κ1) is 17.8. The third kappa shape index (κ3) is 5.23. The summed E-state index contributed by atoms with van der Waals surface area (Å²) in [6, 6.07) is 3.11. The van der Waals surface area contributed by atoms with E-state index < -0.39 is 23.6 Å². The van der Waals surface area contributed by atoms with Gasteiger partial charge in [-0.15, -0.1) is 0 Å². The molecule has 0 saturated carbocycles. The Kier molecular flexibility index (Phi) is 6.44. The van der Waals surface area contributed by atoms with Crippen molar-refractivity contribution >= 4 is 5.91 Å². The minimum absolute atomic E-state index is 0.00793. The number of ether oxygens (including phenoxy) is 1. The minimum Gasteiger partial charge on any atom is -0.389 e. The van der Waals surface area contributed by atoms with E-state index in [4.69, 9.17) is 4.74 Å². The number of nitrogens with zero attached hydrogens (tertiary/aromatic N) is 1. The molecule has 1 aromatic carbocycles. The molecule has 1 aliphatic rings. The van der Waals surface area contributed by atoms with Gasteiger partial charge in [-0.2, -0.15) is 0 Å². The molecule has 1 aliphatic heterocycles. The summed E-state index contributed by atoms with van der Waals surface area (Å²) in [5, 5.41) is 12.5. The van der Waals surface area contributed by atoms with Gasteiger partial charge in [0.1, 0.15) is 0 Å². The van der Waals surface area contributed by atoms with Gasteiger partial charge in [0.05, 0.1) is 12.7 Å². The second-order valence-electron chi connectivity index (χ2n) is 5.79. The zero-order valence-electron chi connectivity index (χ0n) is 13.1. The first-order valence-corrected chi connectivity index (χ1v) is 7.65. The molecule has 0 aromatic heterocycles. The molecule has 2 N–H and O–H groups in total. The summed E-state index contributed by atoms with van der Waals surface area (Å²) in [5.41, 5.74) is 0.113. The zero-order chi connectivity index (χ0) is 16.8. The topological polar surface area (TPSA) is 61.8 Å². The fourth-order valence-corrected chi connectivity index (χ4v) is 2.71. The standard InChI is InChI=1S/C16H22F2N2O3/c1-23-10-13(21)9-20-6-4-12(5-7-20)19-16(22)11-2-3-14(17)15(18)8-11/h2-3,8,12-13,21H,4-7,9-10H2,1H3,(H,19,22). The van der Waals surface area contributed by atoms with Gasteiger partial charge < -0.3 is 20.1 Å². The molecule has 23 heavy (non-hydrogen) atoms. The first-order chi connectivity index (χ1) is 11.0. The molecular weight excluding hydrogens is 306 g/mol. The van der Waals surface area contributed by atoms with Crippen molar-refractivity contribution in [2.24, 2.45) is 0 Å². The molecule has 1 atom stereocenters. The maximum Gasteiger partial charge on any atom is 0.251 e. The fourth-order valence-electron chi connectivity index (χ4n) is 2.71. The smallest absolute Gasteiger partial charge is 0.251 e. The van der Waals surface area contributed by atoms with E-state index in [0.29, 0.717) is 13.2 Å². The van der Waals surface area contributed by atoms with Crippen molar-refractivity contribution in [2.45, 2.75) is 25.0 Å². The number of hydrogen-bond donors (Lipinski definition) is 2. The van der Waals surface area contributed by atoms with Crippen LogP contribution in [0.25, 0.3) is 0 Å². The molecule has 5 nitrogen and oxygen atoms in total. The molecule has 0 spiro atoms. The SMILES string of the molecule is COCC(O)CN1CCC(NC(=O)c2ccc(F)c(F)c2)CC1. The van der Waals surface area contributed by atoms with Crippen LogP contribution in [-0.2, 0) is 4.74 Å². The van der Waals surface area contributed by atoms with Crippen LogP contribution in [0.3, 0.4) is 0 Å². The van der Waals surface area contributed by atoms with Crippen molar-refractivity contribution in [3.63, 3.8) is 0 Å². The van der Waals surface area contributed by atoms with Crippen LogP contribution < -0.4 is 5.32 Å². The second kappa shape index (κ2) is 8.33. The number of rotatable bonds is 6. The Labute approximate surface area is 134 Å². The van der Waals surface area contributed by atoms with Crippen LogP contribution in [0.5, 0.6) is 0 Å². The highest BCUT2D eigenvalue weighted by Crippen LogP contribution is 2.13. The predicted octanol–water partition coefficient (Wildman–Crippen LogP) is 1.17. The van der Waals surface area contributed by atoms with Crippen molar-refractivity contribution in [3.05, 3.63) is 35.4 Å². The highest BCUT2D eigenvalue weighted by molar-refractivity contribution is 5.94. The van der Waals surface area contributed by atoms with Gasteiger partial charge in [0.25, 0.3) is 5.91 Å². The lowest BCUT2D eigenvalue weighted by Crippen LogP contribution is -2.47. The summed E-state index contributed by atoms with van der Waals surface area (Å²) in [7, 11) is 1.54. The van der Waals surface area contributed by atoms with Crippen molar-refractivity contribution in [1.29, 1.82) is 0 Å². The van der Waals surface area contributed by atoms with E-state index in [1.54, 1.807) is 7.11 Å². The van der Waals surface area contributed by atoms with Gasteiger partial charge in [-0.1, -0.05) is 0 Å². The van der Waals surface area contributed by atoms with Crippen molar-refractivity contribution < 1.29 is 23.4 Å². The maximum absolute atomic E-state index is 13.2. The van der Waals surface area contributed by atoms with Crippen molar-refractivity contribution in [3.8, 4) is 0 Å². The van der Waals surface area contributed by atoms with Crippen molar-refractivity contribution in [2.75, 3.05) is 33.4 Å². The van der Waals surface area contributed by atoms with Gasteiger partial charge in [-0.25, -0.2) is 8.78 Å². The number of aliphatic hydroxyl groups excluding tert-OH is 1. The number of carbonyl (C=O) groups excluding carboxylic acids is 1. The summed E-state index contributed by atoms with van der Waals surface area (Å²) in [5.74, 6) is -2.40. The minimum atomic E-state index is -1.03. The molecule has 1 unspecified atom stereocenters. The molecule has 0 aliphatic carbocycles. The van der Waals surface area contributed by atoms with Crippen LogP contribution in [0.2, 0.25) is 0 Å². The van der Waals surface area contributed by atoms with E-state index >= 15 is 0 Å². The van der Waals surface area contributed by atoms with E-state index in [1.165, 1.54) is 6.07 Å². The summed E-state index contributed by atoms with van der Waals surface area (Å²) < 4.78 is 30.9. The molecule has 0 bridgehead atoms. The number of halogens is 2. The molecule has 1 saturated heterocycles. The van der Waals surface area contributed by atoms with E-state index in [2.05, 4.69) is 10.2 Å². The van der Waals surface area contributed by atoms with E-state index in [9.17, 15) is 18.7 Å². The van der Waals surface area contributed by atoms with Gasteiger partial charge in [-0.05, 0) is 31.0 Å². The number of piperidine rings is 1. The molecule has 2 rings (SSSR count). The number of likely N-dealkylation sites (tertiary alicyclic amines) is 1. The van der Waals surface area contributed by atoms with Crippen LogP contribution in [0.15, 0.2) is 18.2 Å². The average Bonchev–Trinajstić information content (AvgIpc) is 2.52. The van der Waals surface area contributed by atoms with Gasteiger partial charge in [0, 0.05) is 38.3 Å². The van der Waals surface area contributed by atoms with Gasteiger partial charge in [0.15, 0.2) is 11.6 Å². The Morgan fingerprint density at radius 1 is 1.39 bits per heavy atom. The second-order valence-corrected chi connectivity index (χ2v) is 5.79. The number of amides is 1.